The molecule has 1 amide bonds. The lowest BCUT2D eigenvalue weighted by Crippen LogP contribution is -2.12. The monoisotopic (exact) mass is 369 g/mol. The van der Waals surface area contributed by atoms with Gasteiger partial charge in [0.1, 0.15) is 5.75 Å². The van der Waals surface area contributed by atoms with Crippen molar-refractivity contribution in [2.24, 2.45) is 0 Å². The van der Waals surface area contributed by atoms with E-state index in [0.29, 0.717) is 18.1 Å². The van der Waals surface area contributed by atoms with Gasteiger partial charge in [-0.05, 0) is 54.8 Å². The second-order valence-electron chi connectivity index (χ2n) is 5.52. The molecule has 0 saturated heterocycles. The molecular weight excluding hydrogens is 350 g/mol. The number of nitrogens with zero attached hydrogens (tertiary/aromatic N) is 2. The molecule has 1 aromatic heterocycles. The Morgan fingerprint density at radius 2 is 1.88 bits per heavy atom. The van der Waals surface area contributed by atoms with Gasteiger partial charge < -0.3 is 14.6 Å². The minimum atomic E-state index is -0.0916. The molecule has 134 valence electrons. The second kappa shape index (κ2) is 8.53. The number of aryl methyl sites for hydroxylation is 1. The number of amides is 1. The molecule has 0 saturated carbocycles. The molecule has 0 spiro atoms. The molecule has 0 aliphatic heterocycles. The number of anilines is 1. The highest BCUT2D eigenvalue weighted by atomic mass is 32.2. The Morgan fingerprint density at radius 1 is 1.15 bits per heavy atom. The van der Waals surface area contributed by atoms with Crippen molar-refractivity contribution in [2.45, 2.75) is 17.7 Å². The van der Waals surface area contributed by atoms with E-state index in [0.717, 1.165) is 21.9 Å². The van der Waals surface area contributed by atoms with E-state index in [2.05, 4.69) is 15.5 Å². The van der Waals surface area contributed by atoms with Gasteiger partial charge in [0.25, 0.3) is 0 Å². The number of hydrogen-bond donors (Lipinski definition) is 1. The number of benzene rings is 2. The standard InChI is InChI=1S/C19H19N3O3S/c1-24-15-7-3-13(4-8-15)19-21-18(25-22-19)12-11-17(23)20-14-5-9-16(26-2)10-6-14/h3-10H,11-12H2,1-2H3,(H,20,23). The Hall–Kier alpha value is -2.80. The first kappa shape index (κ1) is 18.0. The van der Waals surface area contributed by atoms with Crippen molar-refractivity contribution in [3.8, 4) is 17.1 Å². The molecule has 6 nitrogen and oxygen atoms in total. The summed E-state index contributed by atoms with van der Waals surface area (Å²) in [4.78, 5) is 17.6. The lowest BCUT2D eigenvalue weighted by Gasteiger charge is -2.04. The summed E-state index contributed by atoms with van der Waals surface area (Å²) in [6, 6.07) is 15.1. The molecule has 0 radical (unpaired) electrons. The summed E-state index contributed by atoms with van der Waals surface area (Å²) < 4.78 is 10.4. The van der Waals surface area contributed by atoms with E-state index in [1.165, 1.54) is 0 Å². The molecule has 1 heterocycles. The van der Waals surface area contributed by atoms with Crippen LogP contribution in [0.15, 0.2) is 57.9 Å². The molecule has 3 aromatic rings. The summed E-state index contributed by atoms with van der Waals surface area (Å²) in [6.07, 6.45) is 2.67. The van der Waals surface area contributed by atoms with Crippen LogP contribution in [0.5, 0.6) is 5.75 Å². The Bertz CT molecular complexity index is 860. The van der Waals surface area contributed by atoms with E-state index < -0.39 is 0 Å². The number of carbonyl (C=O) groups excluding carboxylic acids is 1. The van der Waals surface area contributed by atoms with Crippen molar-refractivity contribution in [3.63, 3.8) is 0 Å². The van der Waals surface area contributed by atoms with Crippen molar-refractivity contribution >= 4 is 23.4 Å². The van der Waals surface area contributed by atoms with Gasteiger partial charge in [0.15, 0.2) is 0 Å². The largest absolute Gasteiger partial charge is 0.497 e. The maximum absolute atomic E-state index is 12.1. The van der Waals surface area contributed by atoms with Crippen LogP contribution in [0.25, 0.3) is 11.4 Å². The maximum Gasteiger partial charge on any atom is 0.227 e. The molecule has 3 rings (SSSR count). The van der Waals surface area contributed by atoms with Gasteiger partial charge in [0, 0.05) is 29.0 Å². The summed E-state index contributed by atoms with van der Waals surface area (Å²) in [5, 5.41) is 6.82. The molecule has 0 fully saturated rings. The average Bonchev–Trinajstić information content (AvgIpc) is 3.16. The normalized spacial score (nSPS) is 10.5. The number of nitrogens with one attached hydrogen (secondary N) is 1. The average molecular weight is 369 g/mol. The molecule has 0 atom stereocenters. The second-order valence-corrected chi connectivity index (χ2v) is 6.40. The lowest BCUT2D eigenvalue weighted by molar-refractivity contribution is -0.116. The number of hydrogen-bond acceptors (Lipinski definition) is 6. The smallest absolute Gasteiger partial charge is 0.227 e. The Balaban J connectivity index is 1.54. The van der Waals surface area contributed by atoms with E-state index in [1.54, 1.807) is 18.9 Å². The topological polar surface area (TPSA) is 77.2 Å². The molecule has 0 aliphatic rings. The Labute approximate surface area is 156 Å². The van der Waals surface area contributed by atoms with Crippen LogP contribution in [-0.2, 0) is 11.2 Å². The zero-order valence-corrected chi connectivity index (χ0v) is 15.4. The van der Waals surface area contributed by atoms with E-state index in [9.17, 15) is 4.79 Å². The van der Waals surface area contributed by atoms with Crippen molar-refractivity contribution in [3.05, 3.63) is 54.4 Å². The van der Waals surface area contributed by atoms with E-state index in [1.807, 2.05) is 54.8 Å². The van der Waals surface area contributed by atoms with Gasteiger partial charge in [-0.15, -0.1) is 11.8 Å². The zero-order chi connectivity index (χ0) is 18.4. The summed E-state index contributed by atoms with van der Waals surface area (Å²) in [5.74, 6) is 1.60. The third kappa shape index (κ3) is 4.64. The number of rotatable bonds is 7. The lowest BCUT2D eigenvalue weighted by atomic mass is 10.2. The number of aromatic nitrogens is 2. The summed E-state index contributed by atoms with van der Waals surface area (Å²) in [6.45, 7) is 0. The fourth-order valence-corrected chi connectivity index (χ4v) is 2.74. The number of methoxy groups -OCH3 is 1. The van der Waals surface area contributed by atoms with Crippen LogP contribution >= 0.6 is 11.8 Å². The first-order valence-corrected chi connectivity index (χ1v) is 9.31. The Morgan fingerprint density at radius 3 is 2.54 bits per heavy atom. The van der Waals surface area contributed by atoms with E-state index >= 15 is 0 Å². The first-order chi connectivity index (χ1) is 12.7. The van der Waals surface area contributed by atoms with Gasteiger partial charge in [-0.1, -0.05) is 5.16 Å². The quantitative estimate of drug-likeness (QED) is 0.634. The summed E-state index contributed by atoms with van der Waals surface area (Å²) in [5.41, 5.74) is 1.61. The molecular formula is C19H19N3O3S. The van der Waals surface area contributed by atoms with Crippen molar-refractivity contribution in [1.82, 2.24) is 10.1 Å². The van der Waals surface area contributed by atoms with Gasteiger partial charge in [-0.2, -0.15) is 4.98 Å². The summed E-state index contributed by atoms with van der Waals surface area (Å²) in [7, 11) is 1.61. The third-order valence-corrected chi connectivity index (χ3v) is 4.50. The fourth-order valence-electron chi connectivity index (χ4n) is 2.33. The van der Waals surface area contributed by atoms with Crippen LogP contribution in [0.1, 0.15) is 12.3 Å². The van der Waals surface area contributed by atoms with Gasteiger partial charge >= 0.3 is 0 Å². The highest BCUT2D eigenvalue weighted by Crippen LogP contribution is 2.20. The number of ether oxygens (including phenoxy) is 1. The van der Waals surface area contributed by atoms with Crippen molar-refractivity contribution < 1.29 is 14.1 Å². The van der Waals surface area contributed by atoms with Crippen LogP contribution in [-0.4, -0.2) is 29.4 Å². The zero-order valence-electron chi connectivity index (χ0n) is 14.6. The molecule has 2 aromatic carbocycles. The molecule has 0 bridgehead atoms. The van der Waals surface area contributed by atoms with Crippen LogP contribution in [0.2, 0.25) is 0 Å². The van der Waals surface area contributed by atoms with Crippen LogP contribution < -0.4 is 10.1 Å². The maximum atomic E-state index is 12.1. The van der Waals surface area contributed by atoms with Gasteiger partial charge in [0.2, 0.25) is 17.6 Å². The third-order valence-electron chi connectivity index (χ3n) is 3.76. The van der Waals surface area contributed by atoms with Crippen molar-refractivity contribution in [2.75, 3.05) is 18.7 Å². The molecule has 0 unspecified atom stereocenters. The summed E-state index contributed by atoms with van der Waals surface area (Å²) >= 11 is 1.66. The Kier molecular flexibility index (Phi) is 5.91. The van der Waals surface area contributed by atoms with Crippen LogP contribution in [0.3, 0.4) is 0 Å². The predicted octanol–water partition coefficient (Wildman–Crippen LogP) is 4.04. The van der Waals surface area contributed by atoms with Crippen LogP contribution in [0.4, 0.5) is 5.69 Å². The van der Waals surface area contributed by atoms with Crippen LogP contribution in [0, 0.1) is 0 Å². The fraction of sp³-hybridized carbons (Fsp3) is 0.211. The van der Waals surface area contributed by atoms with Gasteiger partial charge in [-0.3, -0.25) is 4.79 Å². The predicted molar refractivity (Wildman–Crippen MR) is 101 cm³/mol. The highest BCUT2D eigenvalue weighted by molar-refractivity contribution is 7.98. The molecule has 7 heteroatoms. The number of thioether (sulfide) groups is 1. The van der Waals surface area contributed by atoms with Crippen molar-refractivity contribution in [1.29, 1.82) is 0 Å². The van der Waals surface area contributed by atoms with E-state index in [-0.39, 0.29) is 12.3 Å². The minimum absolute atomic E-state index is 0.0916. The molecule has 26 heavy (non-hydrogen) atoms. The molecule has 0 aliphatic carbocycles. The van der Waals surface area contributed by atoms with E-state index in [4.69, 9.17) is 9.26 Å². The number of carbonyl (C=O) groups is 1. The molecule has 1 N–H and O–H groups in total. The SMILES string of the molecule is COc1ccc(-c2noc(CCC(=O)Nc3ccc(SC)cc3)n2)cc1. The first-order valence-electron chi connectivity index (χ1n) is 8.09. The minimum Gasteiger partial charge on any atom is -0.497 e. The highest BCUT2D eigenvalue weighted by Gasteiger charge is 2.11. The van der Waals surface area contributed by atoms with Gasteiger partial charge in [0.05, 0.1) is 7.11 Å². The van der Waals surface area contributed by atoms with Gasteiger partial charge in [-0.25, -0.2) is 0 Å².